The van der Waals surface area contributed by atoms with Crippen LogP contribution in [0.25, 0.3) is 11.4 Å². The highest BCUT2D eigenvalue weighted by Crippen LogP contribution is 2.36. The molecule has 174 valence electrons. The van der Waals surface area contributed by atoms with E-state index in [1.165, 1.54) is 6.07 Å². The Kier molecular flexibility index (Phi) is 6.92. The van der Waals surface area contributed by atoms with E-state index in [4.69, 9.17) is 27.7 Å². The first-order valence-corrected chi connectivity index (χ1v) is 10.9. The lowest BCUT2D eigenvalue weighted by atomic mass is 9.95. The number of benzene rings is 2. The van der Waals surface area contributed by atoms with Gasteiger partial charge in [0.2, 0.25) is 17.6 Å². The molecular weight excluding hydrogens is 480 g/mol. The molecule has 0 saturated carbocycles. The summed E-state index contributed by atoms with van der Waals surface area (Å²) in [4.78, 5) is 19.1. The number of hydrogen-bond donors (Lipinski definition) is 1. The lowest BCUT2D eigenvalue weighted by molar-refractivity contribution is -0.137. The fraction of sp³-hybridized carbons (Fsp3) is 0.318. The fourth-order valence-electron chi connectivity index (χ4n) is 3.67. The van der Waals surface area contributed by atoms with Crippen molar-refractivity contribution < 1.29 is 22.5 Å². The number of piperidine rings is 1. The molecule has 0 spiro atoms. The van der Waals surface area contributed by atoms with Crippen LogP contribution >= 0.6 is 23.2 Å². The van der Waals surface area contributed by atoms with Gasteiger partial charge in [-0.1, -0.05) is 40.5 Å². The molecule has 1 fully saturated rings. The number of alkyl halides is 3. The van der Waals surface area contributed by atoms with Gasteiger partial charge in [0.25, 0.3) is 0 Å². The molecule has 0 radical (unpaired) electrons. The predicted octanol–water partition coefficient (Wildman–Crippen LogP) is 5.91. The van der Waals surface area contributed by atoms with E-state index in [9.17, 15) is 18.0 Å². The third-order valence-electron chi connectivity index (χ3n) is 5.41. The van der Waals surface area contributed by atoms with E-state index in [1.54, 1.807) is 18.2 Å². The highest BCUT2D eigenvalue weighted by atomic mass is 35.5. The zero-order chi connectivity index (χ0) is 23.6. The quantitative estimate of drug-likeness (QED) is 0.473. The predicted molar refractivity (Wildman–Crippen MR) is 118 cm³/mol. The Morgan fingerprint density at radius 3 is 2.61 bits per heavy atom. The van der Waals surface area contributed by atoms with E-state index >= 15 is 0 Å². The molecule has 33 heavy (non-hydrogen) atoms. The van der Waals surface area contributed by atoms with E-state index in [2.05, 4.69) is 20.4 Å². The fourth-order valence-corrected chi connectivity index (χ4v) is 4.09. The maximum atomic E-state index is 13.0. The van der Waals surface area contributed by atoms with Crippen molar-refractivity contribution in [3.05, 3.63) is 64.0 Å². The number of anilines is 1. The van der Waals surface area contributed by atoms with Crippen LogP contribution in [0, 0.1) is 5.92 Å². The van der Waals surface area contributed by atoms with Gasteiger partial charge in [-0.05, 0) is 56.3 Å². The first-order valence-electron chi connectivity index (χ1n) is 10.2. The zero-order valence-electron chi connectivity index (χ0n) is 17.2. The first kappa shape index (κ1) is 23.5. The van der Waals surface area contributed by atoms with Gasteiger partial charge in [-0.2, -0.15) is 18.2 Å². The highest BCUT2D eigenvalue weighted by Gasteiger charge is 2.34. The van der Waals surface area contributed by atoms with Crippen LogP contribution < -0.4 is 5.32 Å². The lowest BCUT2D eigenvalue weighted by Gasteiger charge is -2.30. The smallest absolute Gasteiger partial charge is 0.338 e. The molecule has 3 aromatic rings. The Labute approximate surface area is 197 Å². The van der Waals surface area contributed by atoms with Crippen LogP contribution in [0.4, 0.5) is 18.9 Å². The van der Waals surface area contributed by atoms with E-state index in [0.29, 0.717) is 49.2 Å². The van der Waals surface area contributed by atoms with Crippen molar-refractivity contribution in [2.75, 3.05) is 18.4 Å². The van der Waals surface area contributed by atoms with Crippen molar-refractivity contribution in [3.63, 3.8) is 0 Å². The number of likely N-dealkylation sites (tertiary alicyclic amines) is 1. The highest BCUT2D eigenvalue weighted by molar-refractivity contribution is 6.31. The minimum absolute atomic E-state index is 0.0681. The van der Waals surface area contributed by atoms with E-state index in [-0.39, 0.29) is 17.5 Å². The Bertz CT molecular complexity index is 1140. The average Bonchev–Trinajstić information content (AvgIpc) is 3.23. The summed E-state index contributed by atoms with van der Waals surface area (Å²) in [6.07, 6.45) is -3.48. The number of nitrogens with one attached hydrogen (secondary N) is 1. The standard InChI is InChI=1S/C22H19Cl2F3N4O2/c23-15-3-1-2-14(10-15)20-29-19(33-30-20)12-31-8-6-13(7-9-31)21(32)28-16-4-5-18(24)17(11-16)22(25,26)27/h1-5,10-11,13H,6-9,12H2,(H,28,32). The zero-order valence-corrected chi connectivity index (χ0v) is 18.7. The van der Waals surface area contributed by atoms with Crippen molar-refractivity contribution in [2.45, 2.75) is 25.6 Å². The van der Waals surface area contributed by atoms with Crippen LogP contribution in [0.3, 0.4) is 0 Å². The Morgan fingerprint density at radius 2 is 1.91 bits per heavy atom. The van der Waals surface area contributed by atoms with Gasteiger partial charge in [-0.3, -0.25) is 9.69 Å². The summed E-state index contributed by atoms with van der Waals surface area (Å²) < 4.78 is 44.4. The number of amides is 1. The SMILES string of the molecule is O=C(Nc1ccc(Cl)c(C(F)(F)F)c1)C1CCN(Cc2nc(-c3cccc(Cl)c3)no2)CC1. The third-order valence-corrected chi connectivity index (χ3v) is 5.97. The van der Waals surface area contributed by atoms with Gasteiger partial charge in [0.05, 0.1) is 17.1 Å². The van der Waals surface area contributed by atoms with Crippen LogP contribution in [0.5, 0.6) is 0 Å². The molecular formula is C22H19Cl2F3N4O2. The Hall–Kier alpha value is -2.62. The van der Waals surface area contributed by atoms with Crippen molar-refractivity contribution in [3.8, 4) is 11.4 Å². The van der Waals surface area contributed by atoms with Gasteiger partial charge >= 0.3 is 6.18 Å². The Balaban J connectivity index is 1.31. The van der Waals surface area contributed by atoms with Gasteiger partial charge in [0, 0.05) is 22.2 Å². The third kappa shape index (κ3) is 5.85. The molecule has 1 amide bonds. The number of rotatable bonds is 5. The number of halogens is 5. The molecule has 11 heteroatoms. The summed E-state index contributed by atoms with van der Waals surface area (Å²) in [6, 6.07) is 10.5. The monoisotopic (exact) mass is 498 g/mol. The summed E-state index contributed by atoms with van der Waals surface area (Å²) in [5, 5.41) is 6.73. The summed E-state index contributed by atoms with van der Waals surface area (Å²) in [5.41, 5.74) is -0.157. The molecule has 4 rings (SSSR count). The van der Waals surface area contributed by atoms with Crippen LogP contribution in [0.15, 0.2) is 47.0 Å². The summed E-state index contributed by atoms with van der Waals surface area (Å²) in [7, 11) is 0. The molecule has 2 aromatic carbocycles. The minimum atomic E-state index is -4.59. The molecule has 0 aliphatic carbocycles. The van der Waals surface area contributed by atoms with E-state index < -0.39 is 16.8 Å². The average molecular weight is 499 g/mol. The van der Waals surface area contributed by atoms with Crippen molar-refractivity contribution >= 4 is 34.8 Å². The van der Waals surface area contributed by atoms with E-state index in [1.807, 2.05) is 6.07 Å². The topological polar surface area (TPSA) is 71.3 Å². The number of nitrogens with zero attached hydrogens (tertiary/aromatic N) is 3. The Morgan fingerprint density at radius 1 is 1.15 bits per heavy atom. The van der Waals surface area contributed by atoms with Crippen LogP contribution in [-0.4, -0.2) is 34.0 Å². The molecule has 2 heterocycles. The minimum Gasteiger partial charge on any atom is -0.338 e. The largest absolute Gasteiger partial charge is 0.417 e. The maximum absolute atomic E-state index is 13.0. The van der Waals surface area contributed by atoms with Crippen molar-refractivity contribution in [2.24, 2.45) is 5.92 Å². The molecule has 1 aromatic heterocycles. The van der Waals surface area contributed by atoms with Gasteiger partial charge in [-0.15, -0.1) is 0 Å². The maximum Gasteiger partial charge on any atom is 0.417 e. The van der Waals surface area contributed by atoms with Gasteiger partial charge in [0.15, 0.2) is 0 Å². The molecule has 6 nitrogen and oxygen atoms in total. The van der Waals surface area contributed by atoms with Gasteiger partial charge < -0.3 is 9.84 Å². The second kappa shape index (κ2) is 9.70. The molecule has 1 N–H and O–H groups in total. The summed E-state index contributed by atoms with van der Waals surface area (Å²) in [6.45, 7) is 1.66. The second-order valence-electron chi connectivity index (χ2n) is 7.75. The second-order valence-corrected chi connectivity index (χ2v) is 8.60. The summed E-state index contributed by atoms with van der Waals surface area (Å²) in [5.74, 6) is 0.277. The van der Waals surface area contributed by atoms with Crippen LogP contribution in [0.1, 0.15) is 24.3 Å². The van der Waals surface area contributed by atoms with Gasteiger partial charge in [0.1, 0.15) is 0 Å². The van der Waals surface area contributed by atoms with Gasteiger partial charge in [-0.25, -0.2) is 0 Å². The van der Waals surface area contributed by atoms with E-state index in [0.717, 1.165) is 17.7 Å². The first-order chi connectivity index (χ1) is 15.7. The number of aromatic nitrogens is 2. The number of hydrogen-bond acceptors (Lipinski definition) is 5. The molecule has 1 aliphatic heterocycles. The molecule has 0 atom stereocenters. The molecule has 0 unspecified atom stereocenters. The normalized spacial score (nSPS) is 15.5. The molecule has 0 bridgehead atoms. The van der Waals surface area contributed by atoms with Crippen LogP contribution in [-0.2, 0) is 17.5 Å². The van der Waals surface area contributed by atoms with Crippen molar-refractivity contribution in [1.82, 2.24) is 15.0 Å². The number of carbonyl (C=O) groups excluding carboxylic acids is 1. The van der Waals surface area contributed by atoms with Crippen LogP contribution in [0.2, 0.25) is 10.0 Å². The molecule has 1 aliphatic rings. The lowest BCUT2D eigenvalue weighted by Crippen LogP contribution is -2.37. The molecule has 1 saturated heterocycles. The number of carbonyl (C=O) groups is 1. The summed E-state index contributed by atoms with van der Waals surface area (Å²) >= 11 is 11.6. The van der Waals surface area contributed by atoms with Crippen molar-refractivity contribution in [1.29, 1.82) is 0 Å².